The fourth-order valence-corrected chi connectivity index (χ4v) is 4.26. The van der Waals surface area contributed by atoms with E-state index in [0.717, 1.165) is 5.56 Å². The zero-order valence-corrected chi connectivity index (χ0v) is 20.3. The Labute approximate surface area is 207 Å². The van der Waals surface area contributed by atoms with Crippen LogP contribution < -0.4 is 14.2 Å². The molecule has 10 heteroatoms. The van der Waals surface area contributed by atoms with Crippen LogP contribution in [-0.4, -0.2) is 21.4 Å². The van der Waals surface area contributed by atoms with Crippen molar-refractivity contribution in [2.75, 3.05) is 12.4 Å². The molecule has 0 aliphatic rings. The predicted molar refractivity (Wildman–Crippen MR) is 131 cm³/mol. The first-order chi connectivity index (χ1) is 16.1. The summed E-state index contributed by atoms with van der Waals surface area (Å²) in [4.78, 5) is 12.6. The van der Waals surface area contributed by atoms with Crippen molar-refractivity contribution in [3.8, 4) is 17.6 Å². The van der Waals surface area contributed by atoms with Crippen LogP contribution in [0.1, 0.15) is 11.1 Å². The lowest BCUT2D eigenvalue weighted by molar-refractivity contribution is -0.112. The molecule has 1 amide bonds. The van der Waals surface area contributed by atoms with Crippen LogP contribution in [0.5, 0.6) is 11.5 Å². The lowest BCUT2D eigenvalue weighted by Gasteiger charge is -2.12. The molecule has 7 nitrogen and oxygen atoms in total. The van der Waals surface area contributed by atoms with E-state index >= 15 is 0 Å². The summed E-state index contributed by atoms with van der Waals surface area (Å²) in [5, 5.41) is 12.4. The third-order valence-corrected chi connectivity index (χ3v) is 6.45. The van der Waals surface area contributed by atoms with E-state index in [1.807, 2.05) is 13.0 Å². The van der Waals surface area contributed by atoms with Gasteiger partial charge in [0.05, 0.1) is 22.8 Å². The number of carbonyl (C=O) groups excluding carboxylic acids is 1. The minimum absolute atomic E-state index is 0.00852. The molecule has 0 saturated carbocycles. The standard InChI is InChI=1S/C24H18Cl2N2O5S/c1-15-6-9-18(10-7-15)34(30,31)33-21-11-8-16(13-22(21)32-2)12-17(14-27)24(29)28-23-19(25)4-3-5-20(23)26/h3-13H,1-2H3,(H,28,29)/b17-12+. The summed E-state index contributed by atoms with van der Waals surface area (Å²) in [6.45, 7) is 1.84. The lowest BCUT2D eigenvalue weighted by Crippen LogP contribution is -2.14. The number of amides is 1. The zero-order valence-electron chi connectivity index (χ0n) is 18.0. The minimum atomic E-state index is -4.10. The van der Waals surface area contributed by atoms with Crippen molar-refractivity contribution in [2.24, 2.45) is 0 Å². The molecule has 3 rings (SSSR count). The Bertz CT molecular complexity index is 1390. The van der Waals surface area contributed by atoms with E-state index in [1.165, 1.54) is 43.5 Å². The molecule has 3 aromatic carbocycles. The van der Waals surface area contributed by atoms with Gasteiger partial charge in [-0.2, -0.15) is 13.7 Å². The van der Waals surface area contributed by atoms with Crippen LogP contribution in [-0.2, 0) is 14.9 Å². The fraction of sp³-hybridized carbons (Fsp3) is 0.0833. The Morgan fingerprint density at radius 1 is 1.03 bits per heavy atom. The average Bonchev–Trinajstić information content (AvgIpc) is 2.80. The molecule has 0 aliphatic heterocycles. The normalized spacial score (nSPS) is 11.4. The first-order valence-electron chi connectivity index (χ1n) is 9.71. The lowest BCUT2D eigenvalue weighted by atomic mass is 10.1. The summed E-state index contributed by atoms with van der Waals surface area (Å²) < 4.78 is 35.7. The van der Waals surface area contributed by atoms with E-state index in [-0.39, 0.29) is 37.7 Å². The smallest absolute Gasteiger partial charge is 0.339 e. The number of rotatable bonds is 7. The minimum Gasteiger partial charge on any atom is -0.493 e. The molecule has 0 unspecified atom stereocenters. The van der Waals surface area contributed by atoms with Crippen molar-refractivity contribution in [3.05, 3.63) is 87.4 Å². The van der Waals surface area contributed by atoms with Gasteiger partial charge in [0.15, 0.2) is 11.5 Å². The van der Waals surface area contributed by atoms with Gasteiger partial charge in [0.2, 0.25) is 0 Å². The Morgan fingerprint density at radius 3 is 2.26 bits per heavy atom. The highest BCUT2D eigenvalue weighted by Gasteiger charge is 2.20. The molecule has 0 radical (unpaired) electrons. The molecule has 3 aromatic rings. The van der Waals surface area contributed by atoms with Crippen molar-refractivity contribution < 1.29 is 22.1 Å². The molecule has 0 atom stereocenters. The van der Waals surface area contributed by atoms with Gasteiger partial charge in [0.25, 0.3) is 5.91 Å². The summed E-state index contributed by atoms with van der Waals surface area (Å²) >= 11 is 12.1. The second kappa shape index (κ2) is 10.6. The van der Waals surface area contributed by atoms with Gasteiger partial charge >= 0.3 is 10.1 Å². The van der Waals surface area contributed by atoms with E-state index < -0.39 is 16.0 Å². The third kappa shape index (κ3) is 5.88. The summed E-state index contributed by atoms with van der Waals surface area (Å²) in [5.41, 5.74) is 1.24. The Kier molecular flexibility index (Phi) is 7.84. The number of carbonyl (C=O) groups is 1. The second-order valence-electron chi connectivity index (χ2n) is 6.98. The molecule has 0 saturated heterocycles. The van der Waals surface area contributed by atoms with Crippen molar-refractivity contribution in [2.45, 2.75) is 11.8 Å². The molecule has 174 valence electrons. The summed E-state index contributed by atoms with van der Waals surface area (Å²) in [7, 11) is -2.76. The van der Waals surface area contributed by atoms with Gasteiger partial charge in [-0.3, -0.25) is 4.79 Å². The van der Waals surface area contributed by atoms with Crippen LogP contribution in [0.25, 0.3) is 6.08 Å². The molecule has 0 spiro atoms. The zero-order chi connectivity index (χ0) is 24.9. The fourth-order valence-electron chi connectivity index (χ4n) is 2.83. The van der Waals surface area contributed by atoms with Gasteiger partial charge in [-0.05, 0) is 55.0 Å². The molecular weight excluding hydrogens is 499 g/mol. The maximum atomic E-state index is 12.6. The first kappa shape index (κ1) is 25.1. The average molecular weight is 517 g/mol. The highest BCUT2D eigenvalue weighted by molar-refractivity contribution is 7.87. The van der Waals surface area contributed by atoms with Crippen LogP contribution in [0.15, 0.2) is 71.1 Å². The van der Waals surface area contributed by atoms with Crippen LogP contribution in [0, 0.1) is 18.3 Å². The molecule has 0 fully saturated rings. The Hall–Kier alpha value is -3.51. The molecule has 0 bridgehead atoms. The van der Waals surface area contributed by atoms with Crippen LogP contribution >= 0.6 is 23.2 Å². The summed E-state index contributed by atoms with van der Waals surface area (Å²) in [6, 6.07) is 17.0. The predicted octanol–water partition coefficient (Wildman–Crippen LogP) is 5.62. The van der Waals surface area contributed by atoms with E-state index in [4.69, 9.17) is 32.1 Å². The van der Waals surface area contributed by atoms with Crippen LogP contribution in [0.2, 0.25) is 10.0 Å². The maximum absolute atomic E-state index is 12.6. The number of para-hydroxylation sites is 1. The van der Waals surface area contributed by atoms with Gasteiger partial charge in [0, 0.05) is 0 Å². The number of hydrogen-bond donors (Lipinski definition) is 1. The van der Waals surface area contributed by atoms with Crippen molar-refractivity contribution in [1.82, 2.24) is 0 Å². The Morgan fingerprint density at radius 2 is 1.68 bits per heavy atom. The largest absolute Gasteiger partial charge is 0.493 e. The van der Waals surface area contributed by atoms with Gasteiger partial charge in [-0.25, -0.2) is 0 Å². The summed E-state index contributed by atoms with van der Waals surface area (Å²) in [6.07, 6.45) is 1.31. The summed E-state index contributed by atoms with van der Waals surface area (Å²) in [5.74, 6) is -0.680. The monoisotopic (exact) mass is 516 g/mol. The van der Waals surface area contributed by atoms with E-state index in [1.54, 1.807) is 30.3 Å². The van der Waals surface area contributed by atoms with E-state index in [2.05, 4.69) is 5.32 Å². The van der Waals surface area contributed by atoms with Gasteiger partial charge < -0.3 is 14.2 Å². The number of nitriles is 1. The van der Waals surface area contributed by atoms with Crippen molar-refractivity contribution in [1.29, 1.82) is 5.26 Å². The highest BCUT2D eigenvalue weighted by Crippen LogP contribution is 2.32. The number of nitrogens with one attached hydrogen (secondary N) is 1. The molecule has 1 N–H and O–H groups in total. The van der Waals surface area contributed by atoms with Crippen LogP contribution in [0.3, 0.4) is 0 Å². The first-order valence-corrected chi connectivity index (χ1v) is 11.9. The SMILES string of the molecule is COc1cc(/C=C(\C#N)C(=O)Nc2c(Cl)cccc2Cl)ccc1OS(=O)(=O)c1ccc(C)cc1. The number of nitrogens with zero attached hydrogens (tertiary/aromatic N) is 1. The third-order valence-electron chi connectivity index (χ3n) is 4.57. The van der Waals surface area contributed by atoms with Gasteiger partial charge in [-0.1, -0.05) is 53.0 Å². The second-order valence-corrected chi connectivity index (χ2v) is 9.34. The van der Waals surface area contributed by atoms with Crippen molar-refractivity contribution >= 4 is 51.0 Å². The molecule has 0 heterocycles. The van der Waals surface area contributed by atoms with Crippen molar-refractivity contribution in [3.63, 3.8) is 0 Å². The number of anilines is 1. The maximum Gasteiger partial charge on any atom is 0.339 e. The molecule has 0 aromatic heterocycles. The molecule has 34 heavy (non-hydrogen) atoms. The van der Waals surface area contributed by atoms with Gasteiger partial charge in [0.1, 0.15) is 16.5 Å². The molecular formula is C24H18Cl2N2O5S. The quantitative estimate of drug-likeness (QED) is 0.248. The number of aryl methyl sites for hydroxylation is 1. The van der Waals surface area contributed by atoms with E-state index in [9.17, 15) is 18.5 Å². The topological polar surface area (TPSA) is 105 Å². The van der Waals surface area contributed by atoms with Gasteiger partial charge in [-0.15, -0.1) is 0 Å². The van der Waals surface area contributed by atoms with Crippen LogP contribution in [0.4, 0.5) is 5.69 Å². The number of methoxy groups -OCH3 is 1. The number of hydrogen-bond acceptors (Lipinski definition) is 6. The molecule has 0 aliphatic carbocycles. The number of ether oxygens (including phenoxy) is 1. The Balaban J connectivity index is 1.87. The number of halogens is 2. The van der Waals surface area contributed by atoms with E-state index in [0.29, 0.717) is 5.56 Å². The number of benzene rings is 3. The highest BCUT2D eigenvalue weighted by atomic mass is 35.5.